The summed E-state index contributed by atoms with van der Waals surface area (Å²) in [5.41, 5.74) is 2.03. The van der Waals surface area contributed by atoms with Gasteiger partial charge in [-0.15, -0.1) is 0 Å². The maximum atomic E-state index is 10.7. The summed E-state index contributed by atoms with van der Waals surface area (Å²) in [6.07, 6.45) is 4.18. The molecule has 1 atom stereocenters. The summed E-state index contributed by atoms with van der Waals surface area (Å²) in [6, 6.07) is 2.04. The maximum absolute atomic E-state index is 10.7. The Labute approximate surface area is 122 Å². The lowest BCUT2D eigenvalue weighted by Crippen LogP contribution is -2.49. The van der Waals surface area contributed by atoms with E-state index in [1.165, 1.54) is 0 Å². The lowest BCUT2D eigenvalue weighted by molar-refractivity contribution is -0.135. The van der Waals surface area contributed by atoms with Gasteiger partial charge in [0.05, 0.1) is 17.4 Å². The summed E-state index contributed by atoms with van der Waals surface area (Å²) in [4.78, 5) is 0. The molecular formula is C16H28N2O2. The van der Waals surface area contributed by atoms with Crippen LogP contribution in [0.4, 0.5) is 0 Å². The van der Waals surface area contributed by atoms with Gasteiger partial charge in [0, 0.05) is 26.3 Å². The van der Waals surface area contributed by atoms with Gasteiger partial charge in [-0.25, -0.2) is 0 Å². The number of aliphatic hydroxyl groups excluding tert-OH is 1. The number of hydrogen-bond donors (Lipinski definition) is 1. The van der Waals surface area contributed by atoms with Crippen molar-refractivity contribution in [3.8, 4) is 0 Å². The molecule has 1 heterocycles. The fraction of sp³-hybridized carbons (Fsp3) is 0.812. The molecule has 2 rings (SSSR count). The number of ether oxygens (including phenoxy) is 1. The van der Waals surface area contributed by atoms with Gasteiger partial charge in [0.25, 0.3) is 0 Å². The minimum atomic E-state index is -0.474. The SMILES string of the molecule is COC1(C(O)Cc2cc(C)nn2C)CCC(C)(C)CC1. The quantitative estimate of drug-likeness (QED) is 0.922. The van der Waals surface area contributed by atoms with E-state index in [9.17, 15) is 5.11 Å². The topological polar surface area (TPSA) is 47.3 Å². The van der Waals surface area contributed by atoms with E-state index < -0.39 is 11.7 Å². The Kier molecular flexibility index (Phi) is 4.26. The zero-order valence-electron chi connectivity index (χ0n) is 13.4. The normalized spacial score (nSPS) is 22.7. The van der Waals surface area contributed by atoms with Crippen LogP contribution in [0.25, 0.3) is 0 Å². The number of nitrogens with zero attached hydrogens (tertiary/aromatic N) is 2. The van der Waals surface area contributed by atoms with E-state index in [1.807, 2.05) is 24.7 Å². The highest BCUT2D eigenvalue weighted by Crippen LogP contribution is 2.43. The molecule has 0 bridgehead atoms. The largest absolute Gasteiger partial charge is 0.390 e. The summed E-state index contributed by atoms with van der Waals surface area (Å²) >= 11 is 0. The molecule has 0 radical (unpaired) electrons. The molecule has 1 aromatic heterocycles. The van der Waals surface area contributed by atoms with Crippen LogP contribution in [0.2, 0.25) is 0 Å². The summed E-state index contributed by atoms with van der Waals surface area (Å²) in [7, 11) is 3.66. The van der Waals surface area contributed by atoms with E-state index in [1.54, 1.807) is 7.11 Å². The highest BCUT2D eigenvalue weighted by Gasteiger charge is 2.43. The first-order valence-corrected chi connectivity index (χ1v) is 7.51. The van der Waals surface area contributed by atoms with E-state index >= 15 is 0 Å². The molecule has 0 spiro atoms. The van der Waals surface area contributed by atoms with Crippen molar-refractivity contribution < 1.29 is 9.84 Å². The third-order valence-corrected chi connectivity index (χ3v) is 4.97. The van der Waals surface area contributed by atoms with E-state index in [4.69, 9.17) is 4.74 Å². The minimum absolute atomic E-state index is 0.366. The fourth-order valence-corrected chi connectivity index (χ4v) is 3.26. The van der Waals surface area contributed by atoms with Crippen molar-refractivity contribution in [3.63, 3.8) is 0 Å². The van der Waals surface area contributed by atoms with Crippen molar-refractivity contribution in [2.75, 3.05) is 7.11 Å². The average Bonchev–Trinajstić information content (AvgIpc) is 2.68. The maximum Gasteiger partial charge on any atom is 0.0940 e. The number of methoxy groups -OCH3 is 1. The Bertz CT molecular complexity index is 455. The van der Waals surface area contributed by atoms with Crippen molar-refractivity contribution in [2.45, 2.75) is 64.6 Å². The third-order valence-electron chi connectivity index (χ3n) is 4.97. The number of rotatable bonds is 4. The summed E-state index contributed by atoms with van der Waals surface area (Å²) in [5, 5.41) is 15.1. The van der Waals surface area contributed by atoms with Crippen LogP contribution in [0.15, 0.2) is 6.07 Å². The molecular weight excluding hydrogens is 252 g/mol. The highest BCUT2D eigenvalue weighted by molar-refractivity contribution is 5.11. The van der Waals surface area contributed by atoms with Gasteiger partial charge in [0.1, 0.15) is 0 Å². The first kappa shape index (κ1) is 15.5. The number of hydrogen-bond acceptors (Lipinski definition) is 3. The summed E-state index contributed by atoms with van der Waals surface area (Å²) < 4.78 is 7.63. The third kappa shape index (κ3) is 3.07. The molecule has 1 fully saturated rings. The predicted octanol–water partition coefficient (Wildman–Crippen LogP) is 2.62. The van der Waals surface area contributed by atoms with E-state index in [0.29, 0.717) is 11.8 Å². The van der Waals surface area contributed by atoms with Gasteiger partial charge >= 0.3 is 0 Å². The van der Waals surface area contributed by atoms with Gasteiger partial charge < -0.3 is 9.84 Å². The molecule has 114 valence electrons. The second-order valence-electron chi connectivity index (χ2n) is 7.05. The number of aliphatic hydroxyl groups is 1. The number of aromatic nitrogens is 2. The highest BCUT2D eigenvalue weighted by atomic mass is 16.5. The van der Waals surface area contributed by atoms with Gasteiger partial charge in [-0.3, -0.25) is 4.68 Å². The van der Waals surface area contributed by atoms with Crippen molar-refractivity contribution >= 4 is 0 Å². The van der Waals surface area contributed by atoms with Crippen LogP contribution in [-0.2, 0) is 18.2 Å². The van der Waals surface area contributed by atoms with Crippen LogP contribution in [0.1, 0.15) is 50.9 Å². The summed E-state index contributed by atoms with van der Waals surface area (Å²) in [6.45, 7) is 6.57. The fourth-order valence-electron chi connectivity index (χ4n) is 3.26. The van der Waals surface area contributed by atoms with Gasteiger partial charge in [-0.2, -0.15) is 5.10 Å². The van der Waals surface area contributed by atoms with Crippen LogP contribution in [0, 0.1) is 12.3 Å². The lowest BCUT2D eigenvalue weighted by Gasteiger charge is -2.45. The van der Waals surface area contributed by atoms with E-state index in [-0.39, 0.29) is 0 Å². The Hall–Kier alpha value is -0.870. The molecule has 1 aliphatic rings. The van der Waals surface area contributed by atoms with Crippen molar-refractivity contribution in [1.29, 1.82) is 0 Å². The van der Waals surface area contributed by atoms with Gasteiger partial charge in [-0.05, 0) is 44.1 Å². The van der Waals surface area contributed by atoms with E-state index in [2.05, 4.69) is 18.9 Å². The molecule has 0 amide bonds. The number of aryl methyl sites for hydroxylation is 2. The Balaban J connectivity index is 2.10. The molecule has 1 aromatic rings. The van der Waals surface area contributed by atoms with Crippen LogP contribution >= 0.6 is 0 Å². The monoisotopic (exact) mass is 280 g/mol. The van der Waals surface area contributed by atoms with Crippen LogP contribution in [-0.4, -0.2) is 33.7 Å². The molecule has 4 heteroatoms. The zero-order valence-corrected chi connectivity index (χ0v) is 13.4. The average molecular weight is 280 g/mol. The standard InChI is InChI=1S/C16H28N2O2/c1-12-10-13(18(4)17-12)11-14(19)16(20-5)8-6-15(2,3)7-9-16/h10,14,19H,6-9,11H2,1-5H3. The molecule has 0 saturated heterocycles. The molecule has 0 aromatic carbocycles. The Morgan fingerprint density at radius 3 is 2.40 bits per heavy atom. The van der Waals surface area contributed by atoms with E-state index in [0.717, 1.165) is 37.1 Å². The van der Waals surface area contributed by atoms with Gasteiger partial charge in [0.15, 0.2) is 0 Å². The van der Waals surface area contributed by atoms with Crippen molar-refractivity contribution in [3.05, 3.63) is 17.5 Å². The molecule has 1 aliphatic carbocycles. The molecule has 1 saturated carbocycles. The van der Waals surface area contributed by atoms with Gasteiger partial charge in [0.2, 0.25) is 0 Å². The first-order valence-electron chi connectivity index (χ1n) is 7.51. The molecule has 0 aliphatic heterocycles. The van der Waals surface area contributed by atoms with Gasteiger partial charge in [-0.1, -0.05) is 13.8 Å². The minimum Gasteiger partial charge on any atom is -0.390 e. The molecule has 4 nitrogen and oxygen atoms in total. The summed E-state index contributed by atoms with van der Waals surface area (Å²) in [5.74, 6) is 0. The first-order chi connectivity index (χ1) is 9.28. The van der Waals surface area contributed by atoms with Crippen LogP contribution in [0.3, 0.4) is 0 Å². The lowest BCUT2D eigenvalue weighted by atomic mass is 9.68. The smallest absolute Gasteiger partial charge is 0.0940 e. The second-order valence-corrected chi connectivity index (χ2v) is 7.05. The molecule has 1 N–H and O–H groups in total. The second kappa shape index (κ2) is 5.49. The van der Waals surface area contributed by atoms with Crippen LogP contribution in [0.5, 0.6) is 0 Å². The Morgan fingerprint density at radius 1 is 1.35 bits per heavy atom. The van der Waals surface area contributed by atoms with Crippen molar-refractivity contribution in [1.82, 2.24) is 9.78 Å². The predicted molar refractivity (Wildman–Crippen MR) is 79.6 cm³/mol. The molecule has 20 heavy (non-hydrogen) atoms. The van der Waals surface area contributed by atoms with Crippen LogP contribution < -0.4 is 0 Å². The zero-order chi connectivity index (χ0) is 15.0. The van der Waals surface area contributed by atoms with Crippen molar-refractivity contribution in [2.24, 2.45) is 12.5 Å². The molecule has 1 unspecified atom stereocenters. The Morgan fingerprint density at radius 2 is 1.95 bits per heavy atom.